The molecule has 0 saturated carbocycles. The molecule has 0 bridgehead atoms. The zero-order valence-corrected chi connectivity index (χ0v) is 17.3. The first kappa shape index (κ1) is 20.7. The summed E-state index contributed by atoms with van der Waals surface area (Å²) in [5.41, 5.74) is 0.988. The quantitative estimate of drug-likeness (QED) is 0.574. The molecule has 1 atom stereocenters. The second-order valence-corrected chi connectivity index (χ2v) is 8.12. The van der Waals surface area contributed by atoms with Crippen molar-refractivity contribution in [2.24, 2.45) is 5.92 Å². The zero-order valence-electron chi connectivity index (χ0n) is 16.5. The number of aromatic nitrogens is 1. The van der Waals surface area contributed by atoms with Gasteiger partial charge in [-0.25, -0.2) is 9.78 Å². The molecule has 1 aromatic carbocycles. The second-order valence-electron chi connectivity index (χ2n) is 7.12. The summed E-state index contributed by atoms with van der Waals surface area (Å²) >= 11 is 0.991. The topological polar surface area (TPSA) is 106 Å². The van der Waals surface area contributed by atoms with Crippen molar-refractivity contribution in [2.75, 3.05) is 11.9 Å². The number of imide groups is 1. The van der Waals surface area contributed by atoms with E-state index >= 15 is 0 Å². The predicted octanol–water partition coefficient (Wildman–Crippen LogP) is 2.89. The molecule has 0 fully saturated rings. The van der Waals surface area contributed by atoms with E-state index in [0.29, 0.717) is 10.6 Å². The number of hydrogen-bond acceptors (Lipinski definition) is 7. The third-order valence-electron chi connectivity index (χ3n) is 4.35. The summed E-state index contributed by atoms with van der Waals surface area (Å²) in [4.78, 5) is 55.3. The fraction of sp³-hybridized carbons (Fsp3) is 0.350. The van der Waals surface area contributed by atoms with Crippen molar-refractivity contribution in [3.05, 3.63) is 46.0 Å². The van der Waals surface area contributed by atoms with Crippen LogP contribution in [0.5, 0.6) is 0 Å². The number of aryl methyl sites for hydroxylation is 1. The van der Waals surface area contributed by atoms with Crippen LogP contribution in [0.2, 0.25) is 0 Å². The molecule has 0 aliphatic carbocycles. The summed E-state index contributed by atoms with van der Waals surface area (Å²) in [5, 5.41) is 2.78. The first-order chi connectivity index (χ1) is 13.7. The molecule has 2 aromatic rings. The highest BCUT2D eigenvalue weighted by Crippen LogP contribution is 2.27. The Labute approximate surface area is 171 Å². The van der Waals surface area contributed by atoms with E-state index in [1.165, 1.54) is 6.92 Å². The number of nitrogens with one attached hydrogen (secondary N) is 1. The molecule has 29 heavy (non-hydrogen) atoms. The summed E-state index contributed by atoms with van der Waals surface area (Å²) in [6.07, 6.45) is 0. The van der Waals surface area contributed by atoms with Gasteiger partial charge in [0.15, 0.2) is 5.13 Å². The second kappa shape index (κ2) is 8.12. The highest BCUT2D eigenvalue weighted by molar-refractivity contribution is 7.17. The van der Waals surface area contributed by atoms with Gasteiger partial charge in [-0.15, -0.1) is 0 Å². The number of benzene rings is 1. The maximum absolute atomic E-state index is 12.6. The number of hydrogen-bond donors (Lipinski definition) is 1. The Morgan fingerprint density at radius 2 is 1.72 bits per heavy atom. The lowest BCUT2D eigenvalue weighted by Crippen LogP contribution is -2.45. The van der Waals surface area contributed by atoms with Crippen LogP contribution in [0.3, 0.4) is 0 Å². The van der Waals surface area contributed by atoms with Gasteiger partial charge in [-0.2, -0.15) is 0 Å². The van der Waals surface area contributed by atoms with E-state index in [4.69, 9.17) is 4.74 Å². The van der Waals surface area contributed by atoms with Crippen LogP contribution in [0.1, 0.15) is 56.9 Å². The minimum absolute atomic E-state index is 0.201. The molecular formula is C20H21N3O5S. The Morgan fingerprint density at radius 3 is 2.28 bits per heavy atom. The smallest absolute Gasteiger partial charge is 0.350 e. The van der Waals surface area contributed by atoms with Crippen molar-refractivity contribution >= 4 is 40.2 Å². The molecule has 0 saturated heterocycles. The predicted molar refractivity (Wildman–Crippen MR) is 107 cm³/mol. The number of carbonyl (C=O) groups excluding carboxylic acids is 4. The van der Waals surface area contributed by atoms with Crippen molar-refractivity contribution < 1.29 is 23.9 Å². The maximum Gasteiger partial charge on any atom is 0.350 e. The van der Waals surface area contributed by atoms with E-state index in [2.05, 4.69) is 10.3 Å². The van der Waals surface area contributed by atoms with Crippen LogP contribution in [0.15, 0.2) is 24.3 Å². The van der Waals surface area contributed by atoms with E-state index in [1.807, 2.05) is 13.8 Å². The highest BCUT2D eigenvalue weighted by Gasteiger charge is 2.40. The van der Waals surface area contributed by atoms with Crippen LogP contribution in [-0.2, 0) is 9.53 Å². The molecule has 1 unspecified atom stereocenters. The number of rotatable bonds is 6. The average Bonchev–Trinajstić information content (AvgIpc) is 3.17. The van der Waals surface area contributed by atoms with Crippen LogP contribution < -0.4 is 5.32 Å². The lowest BCUT2D eigenvalue weighted by molar-refractivity contribution is -0.119. The van der Waals surface area contributed by atoms with Gasteiger partial charge < -0.3 is 10.1 Å². The van der Waals surface area contributed by atoms with Gasteiger partial charge in [-0.3, -0.25) is 19.3 Å². The van der Waals surface area contributed by atoms with Gasteiger partial charge in [0, 0.05) is 0 Å². The monoisotopic (exact) mass is 415 g/mol. The van der Waals surface area contributed by atoms with E-state index in [0.717, 1.165) is 16.2 Å². The van der Waals surface area contributed by atoms with Crippen LogP contribution in [0.4, 0.5) is 5.13 Å². The van der Waals surface area contributed by atoms with Crippen molar-refractivity contribution in [1.82, 2.24) is 9.88 Å². The molecule has 1 aliphatic heterocycles. The number of esters is 1. The molecule has 9 heteroatoms. The summed E-state index contributed by atoms with van der Waals surface area (Å²) < 4.78 is 5.20. The van der Waals surface area contributed by atoms with Gasteiger partial charge in [-0.05, 0) is 31.9 Å². The van der Waals surface area contributed by atoms with Crippen molar-refractivity contribution in [3.8, 4) is 0 Å². The molecule has 8 nitrogen and oxygen atoms in total. The molecule has 0 spiro atoms. The summed E-state index contributed by atoms with van der Waals surface area (Å²) in [5.74, 6) is -1.90. The number of fused-ring (bicyclic) bond motifs is 1. The molecule has 3 rings (SSSR count). The Hall–Kier alpha value is -3.07. The summed E-state index contributed by atoms with van der Waals surface area (Å²) in [7, 11) is 0. The summed E-state index contributed by atoms with van der Waals surface area (Å²) in [6.45, 7) is 7.26. The van der Waals surface area contributed by atoms with E-state index in [1.54, 1.807) is 31.2 Å². The normalized spacial score (nSPS) is 14.2. The average molecular weight is 415 g/mol. The largest absolute Gasteiger partial charge is 0.461 e. The Balaban J connectivity index is 1.71. The first-order valence-corrected chi connectivity index (χ1v) is 9.94. The number of nitrogens with zero attached hydrogens (tertiary/aromatic N) is 2. The van der Waals surface area contributed by atoms with Gasteiger partial charge in [0.2, 0.25) is 5.91 Å². The van der Waals surface area contributed by atoms with Gasteiger partial charge >= 0.3 is 5.97 Å². The molecule has 0 radical (unpaired) electrons. The van der Waals surface area contributed by atoms with Crippen LogP contribution in [-0.4, -0.2) is 46.2 Å². The fourth-order valence-corrected chi connectivity index (χ4v) is 3.70. The first-order valence-electron chi connectivity index (χ1n) is 9.13. The van der Waals surface area contributed by atoms with Crippen molar-refractivity contribution in [2.45, 2.75) is 33.7 Å². The van der Waals surface area contributed by atoms with E-state index in [-0.39, 0.29) is 28.8 Å². The minimum atomic E-state index is -1.04. The van der Waals surface area contributed by atoms with Gasteiger partial charge in [0.25, 0.3) is 11.8 Å². The van der Waals surface area contributed by atoms with Crippen LogP contribution >= 0.6 is 11.3 Å². The van der Waals surface area contributed by atoms with Gasteiger partial charge in [0.1, 0.15) is 10.9 Å². The lowest BCUT2D eigenvalue weighted by atomic mass is 10.1. The minimum Gasteiger partial charge on any atom is -0.461 e. The third kappa shape index (κ3) is 4.04. The zero-order chi connectivity index (χ0) is 21.3. The molecule has 3 amide bonds. The molecule has 1 N–H and O–H groups in total. The van der Waals surface area contributed by atoms with Crippen LogP contribution in [0.25, 0.3) is 0 Å². The number of thiazole rings is 1. The Bertz CT molecular complexity index is 963. The molecule has 1 aromatic heterocycles. The SMILES string of the molecule is Cc1nc(NC(=O)C(C)N2C(=O)c3ccccc3C2=O)sc1C(=O)OCC(C)C. The molecule has 2 heterocycles. The van der Waals surface area contributed by atoms with Crippen molar-refractivity contribution in [3.63, 3.8) is 0 Å². The third-order valence-corrected chi connectivity index (χ3v) is 5.41. The molecule has 1 aliphatic rings. The highest BCUT2D eigenvalue weighted by atomic mass is 32.1. The number of carbonyl (C=O) groups is 4. The van der Waals surface area contributed by atoms with Crippen LogP contribution in [0, 0.1) is 12.8 Å². The molecule has 152 valence electrons. The number of anilines is 1. The van der Waals surface area contributed by atoms with E-state index in [9.17, 15) is 19.2 Å². The molecular weight excluding hydrogens is 394 g/mol. The van der Waals surface area contributed by atoms with Gasteiger partial charge in [-0.1, -0.05) is 37.3 Å². The fourth-order valence-electron chi connectivity index (χ4n) is 2.83. The number of ether oxygens (including phenoxy) is 1. The number of amides is 3. The van der Waals surface area contributed by atoms with Crippen molar-refractivity contribution in [1.29, 1.82) is 0 Å². The Morgan fingerprint density at radius 1 is 1.14 bits per heavy atom. The Kier molecular flexibility index (Phi) is 5.78. The lowest BCUT2D eigenvalue weighted by Gasteiger charge is -2.21. The standard InChI is InChI=1S/C20H21N3O5S/c1-10(2)9-28-19(27)15-11(3)21-20(29-15)22-16(24)12(4)23-17(25)13-7-5-6-8-14(13)18(23)26/h5-8,10,12H,9H2,1-4H3,(H,21,22,24). The van der Waals surface area contributed by atoms with E-state index < -0.39 is 29.7 Å². The maximum atomic E-state index is 12.6. The van der Waals surface area contributed by atoms with Gasteiger partial charge in [0.05, 0.1) is 23.4 Å². The summed E-state index contributed by atoms with van der Waals surface area (Å²) in [6, 6.07) is 5.40.